The first kappa shape index (κ1) is 19.0. The van der Waals surface area contributed by atoms with Crippen molar-refractivity contribution in [1.82, 2.24) is 5.32 Å². The molecule has 0 unspecified atom stereocenters. The Morgan fingerprint density at radius 2 is 1.92 bits per heavy atom. The number of quaternary nitrogens is 1. The molecule has 2 aliphatic heterocycles. The third-order valence-corrected chi connectivity index (χ3v) is 7.20. The van der Waals surface area contributed by atoms with Crippen LogP contribution in [0.4, 0.5) is 5.69 Å². The Hall–Kier alpha value is -1.80. The number of nitrogens with one attached hydrogen (secondary N) is 2. The molecule has 1 amide bonds. The number of anilines is 1. The lowest BCUT2D eigenvalue weighted by molar-refractivity contribution is -0.914. The van der Waals surface area contributed by atoms with Gasteiger partial charge in [0.05, 0.1) is 44.8 Å². The number of carbonyl (C=O) groups excluding carboxylic acids is 1. The minimum absolute atomic E-state index is 0.0417. The molecule has 2 aliphatic rings. The Bertz CT molecular complexity index is 727. The Kier molecular flexibility index (Phi) is 5.72. The van der Waals surface area contributed by atoms with Crippen LogP contribution in [0.3, 0.4) is 0 Å². The van der Waals surface area contributed by atoms with Crippen molar-refractivity contribution in [3.63, 3.8) is 0 Å². The minimum atomic E-state index is -2.97. The van der Waals surface area contributed by atoms with Crippen LogP contribution >= 0.6 is 0 Å². The van der Waals surface area contributed by atoms with Gasteiger partial charge in [-0.2, -0.15) is 0 Å². The van der Waals surface area contributed by atoms with E-state index in [0.29, 0.717) is 6.42 Å². The Balaban J connectivity index is 1.49. The van der Waals surface area contributed by atoms with Gasteiger partial charge in [-0.05, 0) is 37.6 Å². The van der Waals surface area contributed by atoms with Gasteiger partial charge in [0.2, 0.25) is 0 Å². The zero-order valence-electron chi connectivity index (χ0n) is 15.4. The quantitative estimate of drug-likeness (QED) is 0.689. The van der Waals surface area contributed by atoms with E-state index in [9.17, 15) is 13.2 Å². The zero-order valence-corrected chi connectivity index (χ0v) is 16.2. The van der Waals surface area contributed by atoms with Crippen molar-refractivity contribution in [2.75, 3.05) is 49.7 Å². The molecule has 0 aromatic heterocycles. The largest absolute Gasteiger partial charge is 0.497 e. The van der Waals surface area contributed by atoms with E-state index in [0.717, 1.165) is 37.6 Å². The van der Waals surface area contributed by atoms with Gasteiger partial charge in [-0.1, -0.05) is 0 Å². The molecule has 0 aliphatic carbocycles. The maximum atomic E-state index is 12.5. The highest BCUT2D eigenvalue weighted by atomic mass is 32.2. The monoisotopic (exact) mass is 382 g/mol. The number of rotatable bonds is 5. The van der Waals surface area contributed by atoms with Gasteiger partial charge >= 0.3 is 0 Å². The predicted octanol–water partition coefficient (Wildman–Crippen LogP) is -0.908. The van der Waals surface area contributed by atoms with Gasteiger partial charge < -0.3 is 19.9 Å². The highest BCUT2D eigenvalue weighted by Crippen LogP contribution is 2.19. The molecule has 3 rings (SSSR count). The maximum Gasteiger partial charge on any atom is 0.278 e. The molecular weight excluding hydrogens is 354 g/mol. The zero-order chi connectivity index (χ0) is 18.7. The van der Waals surface area contributed by atoms with Crippen LogP contribution < -0.4 is 19.9 Å². The molecule has 144 valence electrons. The number of nitrogens with zero attached hydrogens (tertiary/aromatic N) is 1. The summed E-state index contributed by atoms with van der Waals surface area (Å²) in [7, 11) is -1.31. The van der Waals surface area contributed by atoms with E-state index >= 15 is 0 Å². The smallest absolute Gasteiger partial charge is 0.278 e. The van der Waals surface area contributed by atoms with Crippen LogP contribution in [0.5, 0.6) is 5.75 Å². The third kappa shape index (κ3) is 4.48. The molecule has 7 nitrogen and oxygen atoms in total. The topological polar surface area (TPSA) is 80.2 Å². The number of carbonyl (C=O) groups is 1. The Morgan fingerprint density at radius 1 is 1.27 bits per heavy atom. The molecule has 8 heteroatoms. The molecule has 2 saturated heterocycles. The summed E-state index contributed by atoms with van der Waals surface area (Å²) in [5.74, 6) is 1.06. The van der Waals surface area contributed by atoms with Crippen molar-refractivity contribution in [3.05, 3.63) is 24.3 Å². The SMILES string of the molecule is COc1ccc(N2CC[NH+]([C@H](C)C(=O)N[C@H]3CCS(=O)(=O)C3)CC2)cc1. The van der Waals surface area contributed by atoms with Gasteiger partial charge in [0.1, 0.15) is 5.75 Å². The maximum absolute atomic E-state index is 12.5. The van der Waals surface area contributed by atoms with Crippen LogP contribution in [0.2, 0.25) is 0 Å². The third-order valence-electron chi connectivity index (χ3n) is 5.43. The van der Waals surface area contributed by atoms with E-state index in [2.05, 4.69) is 22.3 Å². The standard InChI is InChI=1S/C18H27N3O4S/c1-14(18(22)19-15-7-12-26(23,24)13-15)20-8-10-21(11-9-20)16-3-5-17(25-2)6-4-16/h3-6,14-15H,7-13H2,1-2H3,(H,19,22)/p+1/t14-,15+/m1/s1. The highest BCUT2D eigenvalue weighted by Gasteiger charge is 2.33. The number of piperazine rings is 1. The predicted molar refractivity (Wildman–Crippen MR) is 101 cm³/mol. The summed E-state index contributed by atoms with van der Waals surface area (Å²) in [6, 6.07) is 7.63. The van der Waals surface area contributed by atoms with Gasteiger partial charge in [-0.25, -0.2) is 8.42 Å². The second kappa shape index (κ2) is 7.84. The fourth-order valence-electron chi connectivity index (χ4n) is 3.70. The lowest BCUT2D eigenvalue weighted by Crippen LogP contribution is -3.19. The van der Waals surface area contributed by atoms with Crippen molar-refractivity contribution in [2.24, 2.45) is 0 Å². The van der Waals surface area contributed by atoms with Crippen molar-refractivity contribution in [2.45, 2.75) is 25.4 Å². The molecule has 2 N–H and O–H groups in total. The van der Waals surface area contributed by atoms with Crippen molar-refractivity contribution < 1.29 is 22.8 Å². The number of sulfone groups is 1. The molecule has 2 fully saturated rings. The summed E-state index contributed by atoms with van der Waals surface area (Å²) in [5.41, 5.74) is 1.16. The van der Waals surface area contributed by atoms with E-state index in [1.807, 2.05) is 19.1 Å². The Labute approximate surface area is 155 Å². The fourth-order valence-corrected chi connectivity index (χ4v) is 5.37. The lowest BCUT2D eigenvalue weighted by Gasteiger charge is -2.36. The van der Waals surface area contributed by atoms with Crippen LogP contribution in [-0.2, 0) is 14.6 Å². The summed E-state index contributed by atoms with van der Waals surface area (Å²) in [4.78, 5) is 16.0. The first-order chi connectivity index (χ1) is 12.4. The summed E-state index contributed by atoms with van der Waals surface area (Å²) in [6.45, 7) is 5.46. The van der Waals surface area contributed by atoms with Crippen molar-refractivity contribution in [3.8, 4) is 5.75 Å². The first-order valence-corrected chi connectivity index (χ1v) is 10.9. The number of methoxy groups -OCH3 is 1. The van der Waals surface area contributed by atoms with Crippen molar-refractivity contribution >= 4 is 21.4 Å². The van der Waals surface area contributed by atoms with E-state index in [1.165, 1.54) is 4.90 Å². The van der Waals surface area contributed by atoms with Gasteiger partial charge in [0.15, 0.2) is 15.9 Å². The van der Waals surface area contributed by atoms with E-state index in [-0.39, 0.29) is 29.5 Å². The molecule has 0 saturated carbocycles. The number of hydrogen-bond acceptors (Lipinski definition) is 5. The molecule has 2 atom stereocenters. The summed E-state index contributed by atoms with van der Waals surface area (Å²) < 4.78 is 28.3. The second-order valence-electron chi connectivity index (χ2n) is 7.17. The average Bonchev–Trinajstić information content (AvgIpc) is 2.99. The molecule has 0 bridgehead atoms. The second-order valence-corrected chi connectivity index (χ2v) is 9.40. The Morgan fingerprint density at radius 3 is 2.46 bits per heavy atom. The molecular formula is C18H28N3O4S+. The van der Waals surface area contributed by atoms with Crippen LogP contribution in [-0.4, -0.2) is 71.2 Å². The highest BCUT2D eigenvalue weighted by molar-refractivity contribution is 7.91. The number of hydrogen-bond donors (Lipinski definition) is 2. The molecule has 0 radical (unpaired) electrons. The molecule has 26 heavy (non-hydrogen) atoms. The van der Waals surface area contributed by atoms with Gasteiger partial charge in [-0.3, -0.25) is 4.79 Å². The van der Waals surface area contributed by atoms with Gasteiger partial charge in [0.25, 0.3) is 5.91 Å². The average molecular weight is 383 g/mol. The summed E-state index contributed by atoms with van der Waals surface area (Å²) in [5, 5.41) is 2.92. The fraction of sp³-hybridized carbons (Fsp3) is 0.611. The van der Waals surface area contributed by atoms with Crippen LogP contribution in [0.1, 0.15) is 13.3 Å². The number of amides is 1. The van der Waals surface area contributed by atoms with E-state index in [1.54, 1.807) is 7.11 Å². The number of ether oxygens (including phenoxy) is 1. The van der Waals surface area contributed by atoms with E-state index < -0.39 is 9.84 Å². The van der Waals surface area contributed by atoms with Crippen LogP contribution in [0.25, 0.3) is 0 Å². The minimum Gasteiger partial charge on any atom is -0.497 e. The summed E-state index contributed by atoms with van der Waals surface area (Å²) in [6.07, 6.45) is 0.529. The molecule has 1 aromatic carbocycles. The molecule has 0 spiro atoms. The molecule has 1 aromatic rings. The molecule has 2 heterocycles. The van der Waals surface area contributed by atoms with Crippen molar-refractivity contribution in [1.29, 1.82) is 0 Å². The summed E-state index contributed by atoms with van der Waals surface area (Å²) >= 11 is 0. The van der Waals surface area contributed by atoms with Crippen LogP contribution in [0.15, 0.2) is 24.3 Å². The first-order valence-electron chi connectivity index (χ1n) is 9.12. The van der Waals surface area contributed by atoms with E-state index in [4.69, 9.17) is 4.74 Å². The van der Waals surface area contributed by atoms with Gasteiger partial charge in [-0.15, -0.1) is 0 Å². The van der Waals surface area contributed by atoms with Gasteiger partial charge in [0, 0.05) is 11.7 Å². The number of benzene rings is 1. The normalized spacial score (nSPS) is 24.2. The van der Waals surface area contributed by atoms with Crippen LogP contribution in [0, 0.1) is 0 Å². The lowest BCUT2D eigenvalue weighted by atomic mass is 10.1.